The summed E-state index contributed by atoms with van der Waals surface area (Å²) in [6.07, 6.45) is 0. The molecule has 0 spiro atoms. The molecule has 2 aliphatic rings. The van der Waals surface area contributed by atoms with Gasteiger partial charge < -0.3 is 4.90 Å². The Balaban J connectivity index is 1.67. The van der Waals surface area contributed by atoms with Crippen molar-refractivity contribution in [1.82, 2.24) is 4.90 Å². The lowest BCUT2D eigenvalue weighted by atomic mass is 10.2. The molecule has 3 nitrogen and oxygen atoms in total. The predicted octanol–water partition coefficient (Wildman–Crippen LogP) is 4.23. The number of amides is 1. The van der Waals surface area contributed by atoms with Crippen LogP contribution in [0.15, 0.2) is 48.5 Å². The van der Waals surface area contributed by atoms with Crippen LogP contribution in [-0.4, -0.2) is 27.7 Å². The van der Waals surface area contributed by atoms with Gasteiger partial charge in [-0.1, -0.05) is 23.7 Å². The van der Waals surface area contributed by atoms with E-state index in [1.165, 1.54) is 12.1 Å². The first-order valence-corrected chi connectivity index (χ1v) is 9.18. The Labute approximate surface area is 153 Å². The van der Waals surface area contributed by atoms with Crippen LogP contribution in [0.3, 0.4) is 0 Å². The topological polar surface area (TPSA) is 23.6 Å². The number of anilines is 1. The molecule has 0 aromatic heterocycles. The second kappa shape index (κ2) is 6.02. The first-order chi connectivity index (χ1) is 11.6. The van der Waals surface area contributed by atoms with Gasteiger partial charge in [0.1, 0.15) is 17.2 Å². The molecule has 0 unspecified atom stereocenters. The van der Waals surface area contributed by atoms with Crippen molar-refractivity contribution >= 4 is 52.3 Å². The van der Waals surface area contributed by atoms with E-state index in [1.54, 1.807) is 53.1 Å². The lowest BCUT2D eigenvalue weighted by Crippen LogP contribution is -2.33. The molecule has 2 aromatic carbocycles. The van der Waals surface area contributed by atoms with Crippen LogP contribution in [0.5, 0.6) is 0 Å². The molecule has 1 amide bonds. The van der Waals surface area contributed by atoms with Crippen LogP contribution < -0.4 is 4.90 Å². The van der Waals surface area contributed by atoms with Crippen LogP contribution in [0.1, 0.15) is 10.9 Å². The van der Waals surface area contributed by atoms with Crippen LogP contribution in [0, 0.1) is 5.82 Å². The van der Waals surface area contributed by atoms with E-state index >= 15 is 0 Å². The maximum Gasteiger partial charge on any atom is 0.257 e. The molecular formula is C17H12ClFN2OS2. The summed E-state index contributed by atoms with van der Waals surface area (Å²) < 4.78 is 13.2. The number of carbonyl (C=O) groups is 1. The molecule has 24 heavy (non-hydrogen) atoms. The molecule has 0 N–H and O–H groups in total. The number of thioether (sulfide) groups is 1. The lowest BCUT2D eigenvalue weighted by Gasteiger charge is -2.25. The zero-order chi connectivity index (χ0) is 16.8. The number of carbonyl (C=O) groups excluding carboxylic acids is 1. The first kappa shape index (κ1) is 15.9. The van der Waals surface area contributed by atoms with Crippen molar-refractivity contribution in [3.8, 4) is 0 Å². The summed E-state index contributed by atoms with van der Waals surface area (Å²) in [4.78, 5) is 16.3. The summed E-state index contributed by atoms with van der Waals surface area (Å²) >= 11 is 13.2. The van der Waals surface area contributed by atoms with Gasteiger partial charge in [0, 0.05) is 10.8 Å². The van der Waals surface area contributed by atoms with E-state index < -0.39 is 0 Å². The highest BCUT2D eigenvalue weighted by atomic mass is 35.5. The third-order valence-electron chi connectivity index (χ3n) is 4.16. The average molecular weight is 379 g/mol. The molecule has 0 aliphatic carbocycles. The minimum atomic E-state index is -0.284. The maximum atomic E-state index is 13.2. The van der Waals surface area contributed by atoms with E-state index in [-0.39, 0.29) is 23.1 Å². The van der Waals surface area contributed by atoms with Crippen LogP contribution in [0.25, 0.3) is 0 Å². The Kier molecular flexibility index (Phi) is 3.98. The van der Waals surface area contributed by atoms with Gasteiger partial charge in [0.15, 0.2) is 5.11 Å². The van der Waals surface area contributed by atoms with E-state index in [4.69, 9.17) is 23.8 Å². The number of hydrogen-bond acceptors (Lipinski definition) is 3. The minimum absolute atomic E-state index is 0.0283. The summed E-state index contributed by atoms with van der Waals surface area (Å²) in [7, 11) is 0. The van der Waals surface area contributed by atoms with Crippen molar-refractivity contribution in [3.05, 3.63) is 64.9 Å². The van der Waals surface area contributed by atoms with Crippen molar-refractivity contribution in [2.45, 2.75) is 11.4 Å². The third-order valence-corrected chi connectivity index (χ3v) is 6.13. The number of hydrogen-bond donors (Lipinski definition) is 0. The molecule has 2 saturated heterocycles. The average Bonchev–Trinajstić information content (AvgIpc) is 3.11. The molecule has 2 heterocycles. The van der Waals surface area contributed by atoms with Crippen molar-refractivity contribution in [3.63, 3.8) is 0 Å². The second-order valence-electron chi connectivity index (χ2n) is 5.59. The molecule has 0 saturated carbocycles. The van der Waals surface area contributed by atoms with Gasteiger partial charge >= 0.3 is 0 Å². The minimum Gasteiger partial charge on any atom is -0.319 e. The number of fused-ring (bicyclic) bond motifs is 1. The highest BCUT2D eigenvalue weighted by Gasteiger charge is 2.50. The summed E-state index contributed by atoms with van der Waals surface area (Å²) in [5.74, 6) is 0.353. The Morgan fingerprint density at radius 2 is 1.79 bits per heavy atom. The molecule has 2 fully saturated rings. The lowest BCUT2D eigenvalue weighted by molar-refractivity contribution is -0.119. The van der Waals surface area contributed by atoms with Crippen LogP contribution in [0.2, 0.25) is 5.02 Å². The number of rotatable bonds is 2. The molecule has 2 aromatic rings. The quantitative estimate of drug-likeness (QED) is 0.730. The van der Waals surface area contributed by atoms with Crippen molar-refractivity contribution < 1.29 is 9.18 Å². The maximum absolute atomic E-state index is 13.2. The smallest absolute Gasteiger partial charge is 0.257 e. The number of benzene rings is 2. The van der Waals surface area contributed by atoms with E-state index in [1.807, 2.05) is 4.90 Å². The Hall–Kier alpha value is -1.63. The number of nitrogens with zero attached hydrogens (tertiary/aromatic N) is 2. The van der Waals surface area contributed by atoms with Gasteiger partial charge in [-0.25, -0.2) is 4.39 Å². The van der Waals surface area contributed by atoms with E-state index in [2.05, 4.69) is 0 Å². The van der Waals surface area contributed by atoms with Gasteiger partial charge in [-0.3, -0.25) is 9.69 Å². The van der Waals surface area contributed by atoms with Gasteiger partial charge in [0.2, 0.25) is 0 Å². The Morgan fingerprint density at radius 3 is 2.46 bits per heavy atom. The fourth-order valence-corrected chi connectivity index (χ4v) is 5.05. The first-order valence-electron chi connectivity index (χ1n) is 7.35. The predicted molar refractivity (Wildman–Crippen MR) is 98.8 cm³/mol. The van der Waals surface area contributed by atoms with Gasteiger partial charge in [0.25, 0.3) is 5.91 Å². The molecule has 4 rings (SSSR count). The third kappa shape index (κ3) is 2.49. The van der Waals surface area contributed by atoms with Crippen molar-refractivity contribution in [2.75, 3.05) is 10.7 Å². The SMILES string of the molecule is O=C1[C@H]2CS[C@@H](c3ccc(F)cc3)N2C(=S)N1c1ccc(Cl)cc1. The van der Waals surface area contributed by atoms with E-state index in [0.29, 0.717) is 21.6 Å². The number of thiocarbonyl (C=S) groups is 1. The zero-order valence-corrected chi connectivity index (χ0v) is 14.7. The van der Waals surface area contributed by atoms with Crippen molar-refractivity contribution in [2.24, 2.45) is 0 Å². The Bertz CT molecular complexity index is 812. The van der Waals surface area contributed by atoms with Gasteiger partial charge in [-0.2, -0.15) is 0 Å². The summed E-state index contributed by atoms with van der Waals surface area (Å²) in [5, 5.41) is 1.01. The normalized spacial score (nSPS) is 23.1. The van der Waals surface area contributed by atoms with Crippen LogP contribution in [0.4, 0.5) is 10.1 Å². The fraction of sp³-hybridized carbons (Fsp3) is 0.176. The summed E-state index contributed by atoms with van der Waals surface area (Å²) in [6, 6.07) is 13.1. The van der Waals surface area contributed by atoms with E-state index in [0.717, 1.165) is 5.56 Å². The molecule has 7 heteroatoms. The standard InChI is InChI=1S/C17H12ClFN2OS2/c18-11-3-7-13(8-4-11)20-15(22)14-9-24-16(21(14)17(20)23)10-1-5-12(19)6-2-10/h1-8,14,16H,9H2/t14-,16+/m1/s1. The monoisotopic (exact) mass is 378 g/mol. The van der Waals surface area contributed by atoms with Crippen molar-refractivity contribution in [1.29, 1.82) is 0 Å². The molecule has 122 valence electrons. The van der Waals surface area contributed by atoms with Gasteiger partial charge in [-0.15, -0.1) is 11.8 Å². The molecular weight excluding hydrogens is 367 g/mol. The molecule has 0 radical (unpaired) electrons. The summed E-state index contributed by atoms with van der Waals surface area (Å²) in [6.45, 7) is 0. The molecule has 0 bridgehead atoms. The molecule has 2 atom stereocenters. The van der Waals surface area contributed by atoms with Crippen LogP contribution >= 0.6 is 35.6 Å². The van der Waals surface area contributed by atoms with E-state index in [9.17, 15) is 9.18 Å². The largest absolute Gasteiger partial charge is 0.319 e. The zero-order valence-electron chi connectivity index (χ0n) is 12.4. The number of halogens is 2. The second-order valence-corrected chi connectivity index (χ2v) is 7.51. The molecule has 2 aliphatic heterocycles. The fourth-order valence-electron chi connectivity index (χ4n) is 3.00. The van der Waals surface area contributed by atoms with Gasteiger partial charge in [0.05, 0.1) is 5.69 Å². The van der Waals surface area contributed by atoms with Gasteiger partial charge in [-0.05, 0) is 54.2 Å². The van der Waals surface area contributed by atoms with Crippen LogP contribution in [-0.2, 0) is 4.79 Å². The highest BCUT2D eigenvalue weighted by Crippen LogP contribution is 2.46. The summed E-state index contributed by atoms with van der Waals surface area (Å²) in [5.41, 5.74) is 1.66. The Morgan fingerprint density at radius 1 is 1.12 bits per heavy atom. The highest BCUT2D eigenvalue weighted by molar-refractivity contribution is 7.99.